The molecular weight excluding hydrogens is 636 g/mol. The predicted octanol–water partition coefficient (Wildman–Crippen LogP) is -0.532. The summed E-state index contributed by atoms with van der Waals surface area (Å²) in [6.07, 6.45) is -2.47. The van der Waals surface area contributed by atoms with E-state index in [1.54, 1.807) is 36.4 Å². The minimum atomic E-state index is -2.47. The van der Waals surface area contributed by atoms with Crippen molar-refractivity contribution in [1.29, 1.82) is 0 Å². The fraction of sp³-hybridized carbons (Fsp3) is 0.469. The summed E-state index contributed by atoms with van der Waals surface area (Å²) in [6, 6.07) is 12.4. The van der Waals surface area contributed by atoms with Crippen molar-refractivity contribution in [1.82, 2.24) is 10.6 Å². The van der Waals surface area contributed by atoms with E-state index in [0.717, 1.165) is 11.1 Å². The number of phenolic OH excluding ortho intramolecular Hbond substituents is 1. The lowest BCUT2D eigenvalue weighted by Crippen LogP contribution is -2.68. The Morgan fingerprint density at radius 1 is 1.00 bits per heavy atom. The number of hydrogen-bond acceptors (Lipinski definition) is 12. The average molecular weight is 677 g/mol. The number of carbonyl (C=O) groups is 3. The third-order valence-electron chi connectivity index (χ3n) is 7.25. The van der Waals surface area contributed by atoms with E-state index in [9.17, 15) is 39.9 Å². The molecule has 0 unspecified atom stereocenters. The molecule has 0 aromatic heterocycles. The number of ether oxygens (including phenoxy) is 4. The molecule has 7 N–H and O–H groups in total. The molecule has 14 nitrogen and oxygen atoms in total. The number of aliphatic hydroxyl groups excluding tert-OH is 3. The van der Waals surface area contributed by atoms with Gasteiger partial charge < -0.3 is 55.1 Å². The number of aromatic hydroxyl groups is 1. The fourth-order valence-corrected chi connectivity index (χ4v) is 4.93. The van der Waals surface area contributed by atoms with Gasteiger partial charge in [-0.25, -0.2) is 4.79 Å². The maximum absolute atomic E-state index is 12.7. The van der Waals surface area contributed by atoms with Crippen LogP contribution in [0.4, 0.5) is 0 Å². The lowest BCUT2D eigenvalue weighted by Gasteiger charge is -2.46. The first-order valence-electron chi connectivity index (χ1n) is 14.7. The van der Waals surface area contributed by atoms with Crippen LogP contribution in [0.5, 0.6) is 5.75 Å². The van der Waals surface area contributed by atoms with Crippen molar-refractivity contribution >= 4 is 30.4 Å². The number of terminal acetylenes is 1. The number of aliphatic hydroxyl groups is 3. The fourth-order valence-electron chi connectivity index (χ4n) is 4.84. The van der Waals surface area contributed by atoms with Gasteiger partial charge in [-0.2, -0.15) is 12.6 Å². The molecule has 6 atom stereocenters. The van der Waals surface area contributed by atoms with Crippen LogP contribution in [0.25, 0.3) is 11.1 Å². The Labute approximate surface area is 277 Å². The van der Waals surface area contributed by atoms with Crippen molar-refractivity contribution in [3.8, 4) is 29.2 Å². The van der Waals surface area contributed by atoms with Gasteiger partial charge in [0.05, 0.1) is 56.9 Å². The van der Waals surface area contributed by atoms with E-state index in [0.29, 0.717) is 5.56 Å². The summed E-state index contributed by atoms with van der Waals surface area (Å²) >= 11 is 3.90. The first-order valence-corrected chi connectivity index (χ1v) is 15.4. The van der Waals surface area contributed by atoms with Crippen molar-refractivity contribution in [2.45, 2.75) is 49.1 Å². The quantitative estimate of drug-likeness (QED) is 0.0569. The van der Waals surface area contributed by atoms with Crippen LogP contribution in [0.1, 0.15) is 12.0 Å². The second-order valence-electron chi connectivity index (χ2n) is 10.7. The normalized spacial score (nSPS) is 22.1. The highest BCUT2D eigenvalue weighted by Gasteiger charge is 2.55. The molecule has 1 heterocycles. The van der Waals surface area contributed by atoms with Crippen LogP contribution in [0.2, 0.25) is 0 Å². The van der Waals surface area contributed by atoms with E-state index in [1.807, 2.05) is 12.1 Å². The Balaban J connectivity index is 1.62. The van der Waals surface area contributed by atoms with Gasteiger partial charge in [0, 0.05) is 13.0 Å². The zero-order valence-electron chi connectivity index (χ0n) is 25.5. The zero-order chi connectivity index (χ0) is 34.4. The van der Waals surface area contributed by atoms with Crippen LogP contribution in [0, 0.1) is 12.3 Å². The Morgan fingerprint density at radius 3 is 2.23 bits per heavy atom. The number of carboxylic acid groups (broad SMARTS) is 1. The largest absolute Gasteiger partial charge is 0.508 e. The van der Waals surface area contributed by atoms with E-state index in [-0.39, 0.29) is 51.0 Å². The van der Waals surface area contributed by atoms with Gasteiger partial charge in [-0.1, -0.05) is 42.3 Å². The Hall–Kier alpha value is -3.72. The highest BCUT2D eigenvalue weighted by atomic mass is 32.1. The summed E-state index contributed by atoms with van der Waals surface area (Å²) in [4.78, 5) is 37.1. The lowest BCUT2D eigenvalue weighted by molar-refractivity contribution is -0.312. The molecule has 2 amide bonds. The number of aliphatic carboxylic acids is 1. The first-order chi connectivity index (χ1) is 22.5. The van der Waals surface area contributed by atoms with Crippen molar-refractivity contribution in [2.75, 3.05) is 45.3 Å². The number of nitrogens with one attached hydrogen (secondary N) is 2. The monoisotopic (exact) mass is 676 g/mol. The molecule has 1 fully saturated rings. The zero-order valence-corrected chi connectivity index (χ0v) is 26.4. The van der Waals surface area contributed by atoms with Crippen LogP contribution in [-0.2, 0) is 39.8 Å². The maximum Gasteiger partial charge on any atom is 0.364 e. The number of carboxylic acids is 1. The van der Waals surface area contributed by atoms with Crippen molar-refractivity contribution in [3.05, 3.63) is 54.1 Å². The van der Waals surface area contributed by atoms with Gasteiger partial charge >= 0.3 is 5.97 Å². The number of amides is 2. The highest BCUT2D eigenvalue weighted by molar-refractivity contribution is 7.81. The molecule has 47 heavy (non-hydrogen) atoms. The summed E-state index contributed by atoms with van der Waals surface area (Å²) < 4.78 is 21.6. The topological polar surface area (TPSA) is 213 Å². The summed E-state index contributed by atoms with van der Waals surface area (Å²) in [7, 11) is 0. The van der Waals surface area contributed by atoms with Gasteiger partial charge in [0.1, 0.15) is 24.6 Å². The van der Waals surface area contributed by atoms with Gasteiger partial charge in [-0.15, -0.1) is 6.42 Å². The van der Waals surface area contributed by atoms with Gasteiger partial charge in [-0.05, 0) is 28.8 Å². The third kappa shape index (κ3) is 11.2. The molecule has 1 saturated heterocycles. The van der Waals surface area contributed by atoms with E-state index in [2.05, 4.69) is 29.2 Å². The SMILES string of the molecule is C#CCOCCOCCO[C@]1(C(=O)O)C[C@H](O)[C@@H](NC(=O)CS)[C@H]([C@H](O)[C@H](O)CNC(=O)Cc2ccc(-c3ccc(O)cc3)cc2)O1. The minimum Gasteiger partial charge on any atom is -0.508 e. The van der Waals surface area contributed by atoms with E-state index in [4.69, 9.17) is 25.4 Å². The summed E-state index contributed by atoms with van der Waals surface area (Å²) in [5.74, 6) is -3.06. The smallest absolute Gasteiger partial charge is 0.364 e. The molecular formula is C32H40N2O12S. The number of phenols is 1. The maximum atomic E-state index is 12.7. The van der Waals surface area contributed by atoms with Gasteiger partial charge in [0.15, 0.2) is 0 Å². The molecule has 3 rings (SSSR count). The Morgan fingerprint density at radius 2 is 1.62 bits per heavy atom. The second-order valence-corrected chi connectivity index (χ2v) is 11.0. The standard InChI is InChI=1S/C32H40N2O12S/c1-2-11-43-12-13-44-14-15-45-32(31(41)42)17-24(36)28(34-27(39)19-47)30(46-32)29(40)25(37)18-33-26(38)16-20-3-5-21(6-4-20)22-7-9-23(35)10-8-22/h1,3-10,24-25,28-30,35-37,40,47H,11-19H2,(H,33,38)(H,34,39)(H,41,42)/t24-,25+,28+,29+,30+,32+/m0/s1. The summed E-state index contributed by atoms with van der Waals surface area (Å²) in [5.41, 5.74) is 2.42. The van der Waals surface area contributed by atoms with Crippen LogP contribution < -0.4 is 10.6 Å². The second kappa shape index (κ2) is 18.6. The molecule has 2 aromatic rings. The van der Waals surface area contributed by atoms with Crippen molar-refractivity contribution in [2.24, 2.45) is 0 Å². The molecule has 15 heteroatoms. The van der Waals surface area contributed by atoms with E-state index >= 15 is 0 Å². The van der Waals surface area contributed by atoms with E-state index in [1.165, 1.54) is 0 Å². The van der Waals surface area contributed by atoms with Crippen LogP contribution in [0.15, 0.2) is 48.5 Å². The van der Waals surface area contributed by atoms with Crippen LogP contribution in [-0.4, -0.2) is 125 Å². The number of benzene rings is 2. The molecule has 0 saturated carbocycles. The predicted molar refractivity (Wildman–Crippen MR) is 170 cm³/mol. The third-order valence-corrected chi connectivity index (χ3v) is 7.54. The summed E-state index contributed by atoms with van der Waals surface area (Å²) in [6.45, 7) is -0.378. The number of carbonyl (C=O) groups excluding carboxylic acids is 2. The Bertz CT molecular complexity index is 1350. The molecule has 0 radical (unpaired) electrons. The van der Waals surface area contributed by atoms with Crippen LogP contribution >= 0.6 is 12.6 Å². The van der Waals surface area contributed by atoms with Crippen molar-refractivity contribution in [3.63, 3.8) is 0 Å². The number of hydrogen-bond donors (Lipinski definition) is 8. The lowest BCUT2D eigenvalue weighted by atomic mass is 9.88. The molecule has 0 bridgehead atoms. The minimum absolute atomic E-state index is 0.0496. The first kappa shape index (κ1) is 37.7. The number of rotatable bonds is 18. The molecule has 0 aliphatic carbocycles. The molecule has 2 aromatic carbocycles. The van der Waals surface area contributed by atoms with E-state index < -0.39 is 67.0 Å². The van der Waals surface area contributed by atoms with Crippen LogP contribution in [0.3, 0.4) is 0 Å². The number of thiol groups is 1. The Kier molecular flexibility index (Phi) is 14.9. The van der Waals surface area contributed by atoms with Gasteiger partial charge in [0.25, 0.3) is 5.79 Å². The average Bonchev–Trinajstić information content (AvgIpc) is 3.06. The van der Waals surface area contributed by atoms with Gasteiger partial charge in [-0.3, -0.25) is 9.59 Å². The molecule has 1 aliphatic rings. The van der Waals surface area contributed by atoms with Gasteiger partial charge in [0.2, 0.25) is 11.8 Å². The molecule has 256 valence electrons. The highest BCUT2D eigenvalue weighted by Crippen LogP contribution is 2.33. The molecule has 0 spiro atoms. The summed E-state index contributed by atoms with van der Waals surface area (Å²) in [5, 5.41) is 57.2. The molecule has 1 aliphatic heterocycles. The van der Waals surface area contributed by atoms with Crippen molar-refractivity contribution < 1.29 is 58.9 Å².